The molecule has 4 rings (SSSR count). The molecule has 162 valence electrons. The summed E-state index contributed by atoms with van der Waals surface area (Å²) in [6.45, 7) is 2.11. The van der Waals surface area contributed by atoms with Gasteiger partial charge < -0.3 is 10.1 Å². The Hall–Kier alpha value is -3.58. The second-order valence-corrected chi connectivity index (χ2v) is 8.22. The molecule has 4 aromatic rings. The number of nitrogens with zero attached hydrogens (tertiary/aromatic N) is 2. The lowest BCUT2D eigenvalue weighted by molar-refractivity contribution is 0.102. The van der Waals surface area contributed by atoms with Crippen LogP contribution in [-0.2, 0) is 13.7 Å². The number of anilines is 1. The van der Waals surface area contributed by atoms with Gasteiger partial charge in [0.1, 0.15) is 18.0 Å². The van der Waals surface area contributed by atoms with Gasteiger partial charge in [0, 0.05) is 11.5 Å². The van der Waals surface area contributed by atoms with E-state index in [2.05, 4.69) is 21.2 Å². The molecule has 6 nitrogen and oxygen atoms in total. The van der Waals surface area contributed by atoms with Crippen LogP contribution in [0.4, 0.5) is 5.69 Å². The molecule has 0 aliphatic carbocycles. The van der Waals surface area contributed by atoms with Crippen molar-refractivity contribution < 1.29 is 9.53 Å². The highest BCUT2D eigenvalue weighted by Crippen LogP contribution is 2.22. The van der Waals surface area contributed by atoms with Gasteiger partial charge in [0.25, 0.3) is 11.5 Å². The molecule has 0 aliphatic rings. The molecule has 0 aliphatic heterocycles. The first-order chi connectivity index (χ1) is 15.5. The van der Waals surface area contributed by atoms with E-state index >= 15 is 0 Å². The molecule has 3 aromatic carbocycles. The van der Waals surface area contributed by atoms with Gasteiger partial charge in [0.15, 0.2) is 0 Å². The molecule has 0 unspecified atom stereocenters. The number of amides is 1. The fourth-order valence-electron chi connectivity index (χ4n) is 3.46. The minimum absolute atomic E-state index is 0.239. The highest BCUT2D eigenvalue weighted by Gasteiger charge is 2.20. The molecule has 1 aromatic heterocycles. The van der Waals surface area contributed by atoms with E-state index in [9.17, 15) is 9.59 Å². The van der Waals surface area contributed by atoms with Gasteiger partial charge in [-0.15, -0.1) is 0 Å². The van der Waals surface area contributed by atoms with Gasteiger partial charge in [-0.1, -0.05) is 58.4 Å². The zero-order valence-electron chi connectivity index (χ0n) is 17.7. The summed E-state index contributed by atoms with van der Waals surface area (Å²) in [5, 5.41) is 2.79. The zero-order valence-corrected chi connectivity index (χ0v) is 19.3. The Morgan fingerprint density at radius 2 is 1.72 bits per heavy atom. The Labute approximate surface area is 194 Å². The first-order valence-electron chi connectivity index (χ1n) is 10.1. The summed E-state index contributed by atoms with van der Waals surface area (Å²) in [5.74, 6) is 0.0443. The second kappa shape index (κ2) is 9.28. The Bertz CT molecular complexity index is 1330. The number of halogens is 1. The zero-order chi connectivity index (χ0) is 22.7. The van der Waals surface area contributed by atoms with E-state index in [-0.39, 0.29) is 11.2 Å². The lowest BCUT2D eigenvalue weighted by Crippen LogP contribution is -2.23. The van der Waals surface area contributed by atoms with Crippen LogP contribution in [0, 0.1) is 6.92 Å². The van der Waals surface area contributed by atoms with Crippen LogP contribution >= 0.6 is 15.9 Å². The average molecular weight is 492 g/mol. The number of carbonyl (C=O) groups excluding carboxylic acids is 1. The van der Waals surface area contributed by atoms with Crippen LogP contribution in [0.3, 0.4) is 0 Å². The summed E-state index contributed by atoms with van der Waals surface area (Å²) in [7, 11) is 1.79. The van der Waals surface area contributed by atoms with Crippen LogP contribution in [0.1, 0.15) is 21.6 Å². The monoisotopic (exact) mass is 491 g/mol. The standard InChI is InChI=1S/C25H22BrN3O3/c1-17-23(25(31)29(28(17)2)20-11-4-3-5-12-20)27-24(30)21-13-6-7-14-22(21)32-16-18-9-8-10-19(26)15-18/h3-15H,16H2,1-2H3,(H,27,30). The maximum atomic E-state index is 13.1. The number of hydrogen-bond donors (Lipinski definition) is 1. The van der Waals surface area contributed by atoms with Crippen molar-refractivity contribution in [3.8, 4) is 11.4 Å². The fraction of sp³-hybridized carbons (Fsp3) is 0.120. The molecule has 0 spiro atoms. The number of para-hydroxylation sites is 2. The number of ether oxygens (including phenoxy) is 1. The van der Waals surface area contributed by atoms with Gasteiger partial charge in [-0.3, -0.25) is 14.3 Å². The van der Waals surface area contributed by atoms with E-state index in [0.29, 0.717) is 23.6 Å². The Kier molecular flexibility index (Phi) is 6.28. The molecule has 0 radical (unpaired) electrons. The molecule has 0 saturated heterocycles. The van der Waals surface area contributed by atoms with Crippen molar-refractivity contribution in [1.82, 2.24) is 9.36 Å². The van der Waals surface area contributed by atoms with E-state index in [1.165, 1.54) is 4.68 Å². The third kappa shape index (κ3) is 4.38. The van der Waals surface area contributed by atoms with Crippen LogP contribution in [0.15, 0.2) is 88.1 Å². The normalized spacial score (nSPS) is 10.7. The van der Waals surface area contributed by atoms with Gasteiger partial charge in [-0.25, -0.2) is 4.68 Å². The summed E-state index contributed by atoms with van der Waals surface area (Å²) in [6, 6.07) is 24.1. The lowest BCUT2D eigenvalue weighted by Gasteiger charge is -2.11. The molecule has 0 fully saturated rings. The van der Waals surface area contributed by atoms with Crippen LogP contribution in [0.5, 0.6) is 5.75 Å². The maximum absolute atomic E-state index is 13.1. The summed E-state index contributed by atoms with van der Waals surface area (Å²) in [4.78, 5) is 26.2. The summed E-state index contributed by atoms with van der Waals surface area (Å²) in [5.41, 5.74) is 2.65. The fourth-order valence-corrected chi connectivity index (χ4v) is 3.91. The molecule has 7 heteroatoms. The molecule has 0 bridgehead atoms. The first-order valence-corrected chi connectivity index (χ1v) is 10.9. The van der Waals surface area contributed by atoms with Crippen molar-refractivity contribution in [2.75, 3.05) is 5.32 Å². The predicted octanol–water partition coefficient (Wildman–Crippen LogP) is 5.08. The van der Waals surface area contributed by atoms with Gasteiger partial charge >= 0.3 is 0 Å². The lowest BCUT2D eigenvalue weighted by atomic mass is 10.1. The van der Waals surface area contributed by atoms with Crippen molar-refractivity contribution in [3.63, 3.8) is 0 Å². The number of rotatable bonds is 6. The number of nitrogens with one attached hydrogen (secondary N) is 1. The molecule has 1 N–H and O–H groups in total. The van der Waals surface area contributed by atoms with E-state index in [4.69, 9.17) is 4.74 Å². The number of hydrogen-bond acceptors (Lipinski definition) is 3. The summed E-state index contributed by atoms with van der Waals surface area (Å²) in [6.07, 6.45) is 0. The molecular formula is C25H22BrN3O3. The molecule has 1 heterocycles. The average Bonchev–Trinajstić information content (AvgIpc) is 3.01. The van der Waals surface area contributed by atoms with Gasteiger partial charge in [-0.2, -0.15) is 0 Å². The van der Waals surface area contributed by atoms with Crippen LogP contribution in [-0.4, -0.2) is 15.3 Å². The third-order valence-electron chi connectivity index (χ3n) is 5.21. The topological polar surface area (TPSA) is 65.3 Å². The molecule has 0 atom stereocenters. The van der Waals surface area contributed by atoms with Crippen molar-refractivity contribution in [1.29, 1.82) is 0 Å². The van der Waals surface area contributed by atoms with E-state index in [1.54, 1.807) is 36.9 Å². The highest BCUT2D eigenvalue weighted by atomic mass is 79.9. The first kappa shape index (κ1) is 21.6. The quantitative estimate of drug-likeness (QED) is 0.409. The van der Waals surface area contributed by atoms with Crippen molar-refractivity contribution >= 4 is 27.5 Å². The number of benzene rings is 3. The Morgan fingerprint density at radius 3 is 2.47 bits per heavy atom. The van der Waals surface area contributed by atoms with Crippen LogP contribution in [0.25, 0.3) is 5.69 Å². The molecule has 0 saturated carbocycles. The predicted molar refractivity (Wildman–Crippen MR) is 129 cm³/mol. The smallest absolute Gasteiger partial charge is 0.295 e. The minimum Gasteiger partial charge on any atom is -0.488 e. The van der Waals surface area contributed by atoms with E-state index in [0.717, 1.165) is 15.7 Å². The van der Waals surface area contributed by atoms with Gasteiger partial charge in [-0.05, 0) is 48.9 Å². The molecular weight excluding hydrogens is 470 g/mol. The maximum Gasteiger partial charge on any atom is 0.295 e. The molecule has 1 amide bonds. The number of carbonyl (C=O) groups is 1. The van der Waals surface area contributed by atoms with Crippen LogP contribution in [0.2, 0.25) is 0 Å². The third-order valence-corrected chi connectivity index (χ3v) is 5.70. The van der Waals surface area contributed by atoms with Gasteiger partial charge in [0.2, 0.25) is 0 Å². The molecule has 32 heavy (non-hydrogen) atoms. The Morgan fingerprint density at radius 1 is 1.00 bits per heavy atom. The van der Waals surface area contributed by atoms with Crippen molar-refractivity contribution in [3.05, 3.63) is 111 Å². The van der Waals surface area contributed by atoms with Crippen LogP contribution < -0.4 is 15.6 Å². The number of aromatic nitrogens is 2. The Balaban J connectivity index is 1.60. The largest absolute Gasteiger partial charge is 0.488 e. The van der Waals surface area contributed by atoms with E-state index < -0.39 is 5.91 Å². The van der Waals surface area contributed by atoms with Crippen molar-refractivity contribution in [2.24, 2.45) is 7.05 Å². The minimum atomic E-state index is -0.402. The SMILES string of the molecule is Cc1c(NC(=O)c2ccccc2OCc2cccc(Br)c2)c(=O)n(-c2ccccc2)n1C. The second-order valence-electron chi connectivity index (χ2n) is 7.31. The van der Waals surface area contributed by atoms with Crippen molar-refractivity contribution in [2.45, 2.75) is 13.5 Å². The summed E-state index contributed by atoms with van der Waals surface area (Å²) >= 11 is 3.45. The highest BCUT2D eigenvalue weighted by molar-refractivity contribution is 9.10. The van der Waals surface area contributed by atoms with E-state index in [1.807, 2.05) is 60.7 Å². The van der Waals surface area contributed by atoms with Gasteiger partial charge in [0.05, 0.1) is 16.9 Å². The summed E-state index contributed by atoms with van der Waals surface area (Å²) < 4.78 is 10.1.